The normalized spacial score (nSPS) is 17.5. The molecule has 0 aliphatic heterocycles. The van der Waals surface area contributed by atoms with Gasteiger partial charge in [-0.3, -0.25) is 4.79 Å². The Morgan fingerprint density at radius 1 is 1.35 bits per heavy atom. The Bertz CT molecular complexity index is 444. The maximum absolute atomic E-state index is 12.2. The zero-order valence-corrected chi connectivity index (χ0v) is 13.0. The number of carbonyl (C=O) groups is 1. The van der Waals surface area contributed by atoms with Crippen LogP contribution in [0.25, 0.3) is 0 Å². The van der Waals surface area contributed by atoms with Gasteiger partial charge < -0.3 is 10.1 Å². The number of carbonyl (C=O) groups excluding carboxylic acids is 1. The van der Waals surface area contributed by atoms with E-state index in [0.29, 0.717) is 5.25 Å². The summed E-state index contributed by atoms with van der Waals surface area (Å²) in [5.41, 5.74) is 0.797. The molecule has 1 unspecified atom stereocenters. The molecule has 0 radical (unpaired) electrons. The van der Waals surface area contributed by atoms with Crippen LogP contribution in [0.2, 0.25) is 0 Å². The monoisotopic (exact) mass is 293 g/mol. The third-order valence-electron chi connectivity index (χ3n) is 3.66. The number of ether oxygens (including phenoxy) is 1. The lowest BCUT2D eigenvalue weighted by atomic mass is 10.0. The topological polar surface area (TPSA) is 38.3 Å². The number of hydrogen-bond acceptors (Lipinski definition) is 3. The second-order valence-corrected chi connectivity index (χ2v) is 6.91. The molecule has 1 aliphatic rings. The van der Waals surface area contributed by atoms with Gasteiger partial charge in [0, 0.05) is 17.0 Å². The molecular formula is C16H23NO2S. The summed E-state index contributed by atoms with van der Waals surface area (Å²) in [7, 11) is 1.63. The Morgan fingerprint density at radius 3 is 2.80 bits per heavy atom. The molecule has 0 heterocycles. The van der Waals surface area contributed by atoms with Crippen molar-refractivity contribution in [2.45, 2.75) is 49.5 Å². The molecule has 1 fully saturated rings. The number of hydrogen-bond donors (Lipinski definition) is 1. The standard InChI is InChI=1S/C16H23NO2S/c1-12(20-15-9-4-3-5-10-15)16(18)17-13-7-6-8-14(11-13)19-2/h6-8,11-12,15H,3-5,9-10H2,1-2H3,(H,17,18). The van der Waals surface area contributed by atoms with Crippen molar-refractivity contribution in [3.63, 3.8) is 0 Å². The van der Waals surface area contributed by atoms with Gasteiger partial charge >= 0.3 is 0 Å². The van der Waals surface area contributed by atoms with E-state index in [2.05, 4.69) is 5.32 Å². The van der Waals surface area contributed by atoms with Crippen LogP contribution in [0, 0.1) is 0 Å². The summed E-state index contributed by atoms with van der Waals surface area (Å²) >= 11 is 1.81. The van der Waals surface area contributed by atoms with Gasteiger partial charge in [0.05, 0.1) is 12.4 Å². The summed E-state index contributed by atoms with van der Waals surface area (Å²) in [6.07, 6.45) is 6.47. The van der Waals surface area contributed by atoms with Crippen LogP contribution in [0.3, 0.4) is 0 Å². The molecule has 0 spiro atoms. The van der Waals surface area contributed by atoms with E-state index >= 15 is 0 Å². The fraction of sp³-hybridized carbons (Fsp3) is 0.562. The van der Waals surface area contributed by atoms with Crippen molar-refractivity contribution in [2.75, 3.05) is 12.4 Å². The Balaban J connectivity index is 1.86. The Kier molecular flexibility index (Phi) is 5.77. The number of rotatable bonds is 5. The van der Waals surface area contributed by atoms with E-state index in [9.17, 15) is 4.79 Å². The molecule has 3 nitrogen and oxygen atoms in total. The molecule has 1 atom stereocenters. The lowest BCUT2D eigenvalue weighted by molar-refractivity contribution is -0.115. The van der Waals surface area contributed by atoms with E-state index in [1.54, 1.807) is 7.11 Å². The summed E-state index contributed by atoms with van der Waals surface area (Å²) in [4.78, 5) is 12.2. The van der Waals surface area contributed by atoms with Crippen LogP contribution < -0.4 is 10.1 Å². The lowest BCUT2D eigenvalue weighted by Crippen LogP contribution is -2.25. The first-order valence-electron chi connectivity index (χ1n) is 7.29. The number of anilines is 1. The molecule has 4 heteroatoms. The van der Waals surface area contributed by atoms with Crippen molar-refractivity contribution in [1.29, 1.82) is 0 Å². The maximum Gasteiger partial charge on any atom is 0.237 e. The van der Waals surface area contributed by atoms with Crippen molar-refractivity contribution in [1.82, 2.24) is 0 Å². The van der Waals surface area contributed by atoms with Gasteiger partial charge in [-0.15, -0.1) is 11.8 Å². The average molecular weight is 293 g/mol. The van der Waals surface area contributed by atoms with Crippen molar-refractivity contribution in [3.8, 4) is 5.75 Å². The van der Waals surface area contributed by atoms with E-state index in [-0.39, 0.29) is 11.2 Å². The molecule has 1 saturated carbocycles. The highest BCUT2D eigenvalue weighted by molar-refractivity contribution is 8.01. The molecule has 0 bridgehead atoms. The van der Waals surface area contributed by atoms with Gasteiger partial charge in [-0.1, -0.05) is 25.3 Å². The van der Waals surface area contributed by atoms with Gasteiger partial charge in [0.15, 0.2) is 0 Å². The summed E-state index contributed by atoms with van der Waals surface area (Å²) < 4.78 is 5.16. The van der Waals surface area contributed by atoms with Crippen LogP contribution in [0.5, 0.6) is 5.75 Å². The third-order valence-corrected chi connectivity index (χ3v) is 5.13. The molecule has 20 heavy (non-hydrogen) atoms. The highest BCUT2D eigenvalue weighted by Gasteiger charge is 2.21. The average Bonchev–Trinajstić information content (AvgIpc) is 2.48. The zero-order chi connectivity index (χ0) is 14.4. The van der Waals surface area contributed by atoms with Crippen molar-refractivity contribution < 1.29 is 9.53 Å². The zero-order valence-electron chi connectivity index (χ0n) is 12.2. The second-order valence-electron chi connectivity index (χ2n) is 5.26. The Hall–Kier alpha value is -1.16. The molecule has 0 saturated heterocycles. The molecular weight excluding hydrogens is 270 g/mol. The fourth-order valence-electron chi connectivity index (χ4n) is 2.50. The van der Waals surface area contributed by atoms with E-state index in [0.717, 1.165) is 11.4 Å². The number of thioether (sulfide) groups is 1. The highest BCUT2D eigenvalue weighted by Crippen LogP contribution is 2.31. The van der Waals surface area contributed by atoms with Crippen molar-refractivity contribution in [3.05, 3.63) is 24.3 Å². The smallest absolute Gasteiger partial charge is 0.237 e. The number of benzene rings is 1. The van der Waals surface area contributed by atoms with Crippen molar-refractivity contribution in [2.24, 2.45) is 0 Å². The molecule has 1 N–H and O–H groups in total. The lowest BCUT2D eigenvalue weighted by Gasteiger charge is -2.23. The minimum absolute atomic E-state index is 0.00991. The minimum Gasteiger partial charge on any atom is -0.497 e. The fourth-order valence-corrected chi connectivity index (χ4v) is 3.86. The number of nitrogens with one attached hydrogen (secondary N) is 1. The van der Waals surface area contributed by atoms with Gasteiger partial charge in [0.2, 0.25) is 5.91 Å². The van der Waals surface area contributed by atoms with Gasteiger partial charge in [-0.25, -0.2) is 0 Å². The largest absolute Gasteiger partial charge is 0.497 e. The van der Waals surface area contributed by atoms with Crippen molar-refractivity contribution >= 4 is 23.4 Å². The first kappa shape index (κ1) is 15.2. The summed E-state index contributed by atoms with van der Waals surface area (Å²) in [5.74, 6) is 0.837. The van der Waals surface area contributed by atoms with E-state index in [1.165, 1.54) is 32.1 Å². The van der Waals surface area contributed by atoms with Gasteiger partial charge in [0.25, 0.3) is 0 Å². The minimum atomic E-state index is -0.00991. The van der Waals surface area contributed by atoms with E-state index in [1.807, 2.05) is 43.0 Å². The predicted molar refractivity (Wildman–Crippen MR) is 85.5 cm³/mol. The molecule has 1 aromatic carbocycles. The van der Waals surface area contributed by atoms with Crippen LogP contribution in [0.1, 0.15) is 39.0 Å². The molecule has 2 rings (SSSR count). The van der Waals surface area contributed by atoms with Crippen LogP contribution in [0.15, 0.2) is 24.3 Å². The molecule has 110 valence electrons. The number of methoxy groups -OCH3 is 1. The summed E-state index contributed by atoms with van der Waals surface area (Å²) in [6, 6.07) is 7.48. The van der Waals surface area contributed by atoms with E-state index in [4.69, 9.17) is 4.74 Å². The maximum atomic E-state index is 12.2. The second kappa shape index (κ2) is 7.58. The Labute approximate surface area is 125 Å². The van der Waals surface area contributed by atoms with Gasteiger partial charge in [-0.2, -0.15) is 0 Å². The molecule has 1 aromatic rings. The Morgan fingerprint density at radius 2 is 2.10 bits per heavy atom. The van der Waals surface area contributed by atoms with Crippen LogP contribution in [-0.4, -0.2) is 23.5 Å². The van der Waals surface area contributed by atoms with Crippen LogP contribution in [0.4, 0.5) is 5.69 Å². The van der Waals surface area contributed by atoms with Gasteiger partial charge in [-0.05, 0) is 31.9 Å². The first-order chi connectivity index (χ1) is 9.69. The predicted octanol–water partition coefficient (Wildman–Crippen LogP) is 4.09. The quantitative estimate of drug-likeness (QED) is 0.888. The summed E-state index contributed by atoms with van der Waals surface area (Å²) in [5, 5.41) is 3.60. The molecule has 1 amide bonds. The van der Waals surface area contributed by atoms with Crippen LogP contribution in [-0.2, 0) is 4.79 Å². The van der Waals surface area contributed by atoms with E-state index < -0.39 is 0 Å². The highest BCUT2D eigenvalue weighted by atomic mass is 32.2. The SMILES string of the molecule is COc1cccc(NC(=O)C(C)SC2CCCCC2)c1. The van der Waals surface area contributed by atoms with Crippen LogP contribution >= 0.6 is 11.8 Å². The molecule has 1 aliphatic carbocycles. The van der Waals surface area contributed by atoms with Gasteiger partial charge in [0.1, 0.15) is 5.75 Å². The first-order valence-corrected chi connectivity index (χ1v) is 8.23. The summed E-state index contributed by atoms with van der Waals surface area (Å²) in [6.45, 7) is 1.99. The molecule has 0 aromatic heterocycles. The third kappa shape index (κ3) is 4.44. The number of amides is 1.